The van der Waals surface area contributed by atoms with Crippen LogP contribution in [0.4, 0.5) is 0 Å². The monoisotopic (exact) mass is 469 g/mol. The zero-order valence-electron chi connectivity index (χ0n) is 21.8. The number of aliphatic hydroxyl groups is 1. The number of allylic oxidation sites excluding steroid dienone is 1. The van der Waals surface area contributed by atoms with Crippen LogP contribution in [-0.4, -0.2) is 23.5 Å². The predicted octanol–water partition coefficient (Wildman–Crippen LogP) is 8.05. The van der Waals surface area contributed by atoms with Gasteiger partial charge in [0.15, 0.2) is 6.29 Å². The van der Waals surface area contributed by atoms with Crippen molar-refractivity contribution in [1.29, 1.82) is 0 Å². The van der Waals surface area contributed by atoms with Gasteiger partial charge in [-0.05, 0) is 54.0 Å². The topological polar surface area (TPSA) is 50.2 Å². The first kappa shape index (κ1) is 27.9. The van der Waals surface area contributed by atoms with E-state index in [2.05, 4.69) is 75.9 Å². The van der Waals surface area contributed by atoms with Crippen LogP contribution in [0.15, 0.2) is 61.2 Å². The van der Waals surface area contributed by atoms with Crippen molar-refractivity contribution in [2.45, 2.75) is 53.4 Å². The minimum Gasteiger partial charge on any atom is -0.400 e. The van der Waals surface area contributed by atoms with E-state index in [9.17, 15) is 4.79 Å². The summed E-state index contributed by atoms with van der Waals surface area (Å²) in [6.45, 7) is 12.5. The largest absolute Gasteiger partial charge is 0.400 e. The highest BCUT2D eigenvalue weighted by Crippen LogP contribution is 2.31. The molecule has 3 rings (SSSR count). The maximum atomic E-state index is 12.0. The normalized spacial score (nSPS) is 10.8. The molecule has 1 heterocycles. The van der Waals surface area contributed by atoms with Crippen LogP contribution in [0.5, 0.6) is 0 Å². The Bertz CT molecular complexity index is 1120. The Morgan fingerprint density at radius 2 is 1.43 bits per heavy atom. The van der Waals surface area contributed by atoms with Gasteiger partial charge < -0.3 is 5.11 Å². The lowest BCUT2D eigenvalue weighted by molar-refractivity contribution is 0.112. The Hall–Kier alpha value is -3.30. The highest BCUT2D eigenvalue weighted by molar-refractivity contribution is 5.89. The third-order valence-corrected chi connectivity index (χ3v) is 6.53. The van der Waals surface area contributed by atoms with E-state index < -0.39 is 0 Å². The second-order valence-corrected chi connectivity index (χ2v) is 8.49. The molecule has 0 amide bonds. The molecule has 0 aliphatic carbocycles. The minimum atomic E-state index is 0.683. The molecule has 0 saturated carbocycles. The smallest absolute Gasteiger partial charge is 0.151 e. The van der Waals surface area contributed by atoms with Gasteiger partial charge in [-0.3, -0.25) is 4.79 Å². The van der Waals surface area contributed by atoms with E-state index >= 15 is 0 Å². The van der Waals surface area contributed by atoms with Crippen molar-refractivity contribution in [2.75, 3.05) is 7.11 Å². The number of nitrogens with zero attached hydrogens (tertiary/aromatic N) is 1. The summed E-state index contributed by atoms with van der Waals surface area (Å²) < 4.78 is 0. The van der Waals surface area contributed by atoms with E-state index in [0.717, 1.165) is 60.2 Å². The van der Waals surface area contributed by atoms with Crippen molar-refractivity contribution in [3.05, 3.63) is 89.1 Å². The summed E-state index contributed by atoms with van der Waals surface area (Å²) in [4.78, 5) is 16.9. The van der Waals surface area contributed by atoms with Gasteiger partial charge in [0.2, 0.25) is 0 Å². The van der Waals surface area contributed by atoms with E-state index in [1.165, 1.54) is 29.5 Å². The molecule has 0 saturated heterocycles. The second-order valence-electron chi connectivity index (χ2n) is 8.49. The molecule has 0 aliphatic rings. The first-order valence-corrected chi connectivity index (χ1v) is 12.5. The molecule has 0 aliphatic heterocycles. The molecule has 3 heteroatoms. The summed E-state index contributed by atoms with van der Waals surface area (Å²) in [7, 11) is 1.00. The molecule has 1 aromatic heterocycles. The maximum Gasteiger partial charge on any atom is 0.151 e. The number of aliphatic hydroxyl groups excluding tert-OH is 1. The van der Waals surface area contributed by atoms with Gasteiger partial charge >= 0.3 is 0 Å². The van der Waals surface area contributed by atoms with Crippen LogP contribution in [0, 0.1) is 5.92 Å². The van der Waals surface area contributed by atoms with Crippen LogP contribution in [0.2, 0.25) is 0 Å². The number of benzene rings is 2. The Morgan fingerprint density at radius 1 is 0.886 bits per heavy atom. The number of carbonyl (C=O) groups excluding carboxylic acids is 1. The number of aldehydes is 1. The van der Waals surface area contributed by atoms with Crippen LogP contribution >= 0.6 is 0 Å². The van der Waals surface area contributed by atoms with Gasteiger partial charge in [0.1, 0.15) is 0 Å². The van der Waals surface area contributed by atoms with Gasteiger partial charge in [0.05, 0.1) is 11.4 Å². The molecule has 35 heavy (non-hydrogen) atoms. The van der Waals surface area contributed by atoms with E-state index in [1.807, 2.05) is 19.1 Å². The van der Waals surface area contributed by atoms with Crippen LogP contribution < -0.4 is 0 Å². The van der Waals surface area contributed by atoms with E-state index in [0.29, 0.717) is 5.56 Å². The summed E-state index contributed by atoms with van der Waals surface area (Å²) in [6, 6.07) is 17.4. The number of hydrogen-bond donors (Lipinski definition) is 1. The molecule has 3 nitrogen and oxygen atoms in total. The highest BCUT2D eigenvalue weighted by atomic mass is 16.2. The fourth-order valence-corrected chi connectivity index (χ4v) is 4.47. The summed E-state index contributed by atoms with van der Waals surface area (Å²) in [5, 5.41) is 7.00. The van der Waals surface area contributed by atoms with Gasteiger partial charge in [-0.2, -0.15) is 0 Å². The first-order chi connectivity index (χ1) is 17.1. The van der Waals surface area contributed by atoms with Gasteiger partial charge in [-0.1, -0.05) is 101 Å². The molecule has 0 bridgehead atoms. The molecule has 1 N–H and O–H groups in total. The number of aromatic nitrogens is 1. The zero-order valence-corrected chi connectivity index (χ0v) is 21.8. The molecule has 0 radical (unpaired) electrons. The molecule has 184 valence electrons. The first-order valence-electron chi connectivity index (χ1n) is 12.5. The summed E-state index contributed by atoms with van der Waals surface area (Å²) in [6.07, 6.45) is 10.9. The lowest BCUT2D eigenvalue weighted by Gasteiger charge is -2.16. The van der Waals surface area contributed by atoms with Gasteiger partial charge in [-0.15, -0.1) is 0 Å². The number of carbonyl (C=O) groups is 1. The molecular formula is C32H39NO2. The standard InChI is InChI=1S/C31H35NO.CH4O/c1-6-11-30-27(9-4)29(21-33)28(10-5)31(32-30)26-18-16-25(17-19-26)24-14-12-23(13-15-24)20-22(7-2)8-3;1-2/h6,9,11-19,21-22H,4,7-8,10,20H2,1-3,5H3;2H,1H3/b11-6-;. The van der Waals surface area contributed by atoms with Crippen molar-refractivity contribution in [2.24, 2.45) is 5.92 Å². The van der Waals surface area contributed by atoms with E-state index in [-0.39, 0.29) is 0 Å². The summed E-state index contributed by atoms with van der Waals surface area (Å²) >= 11 is 0. The summed E-state index contributed by atoms with van der Waals surface area (Å²) in [5.41, 5.74) is 8.90. The Balaban J connectivity index is 0.00000210. The fourth-order valence-electron chi connectivity index (χ4n) is 4.47. The number of pyridine rings is 1. The van der Waals surface area contributed by atoms with E-state index in [1.54, 1.807) is 6.08 Å². The molecule has 0 spiro atoms. The lowest BCUT2D eigenvalue weighted by atomic mass is 9.92. The predicted molar refractivity (Wildman–Crippen MR) is 151 cm³/mol. The van der Waals surface area contributed by atoms with Crippen molar-refractivity contribution in [3.8, 4) is 22.4 Å². The molecule has 0 fully saturated rings. The van der Waals surface area contributed by atoms with Gasteiger partial charge in [-0.25, -0.2) is 4.98 Å². The quantitative estimate of drug-likeness (QED) is 0.306. The Morgan fingerprint density at radius 3 is 1.89 bits per heavy atom. The highest BCUT2D eigenvalue weighted by Gasteiger charge is 2.17. The van der Waals surface area contributed by atoms with Crippen molar-refractivity contribution in [1.82, 2.24) is 4.98 Å². The average molecular weight is 470 g/mol. The molecule has 2 aromatic carbocycles. The van der Waals surface area contributed by atoms with Gasteiger partial charge in [0, 0.05) is 23.8 Å². The SMILES string of the molecule is C=Cc1c(/C=C\C)nc(-c2ccc(-c3ccc(CC(CC)CC)cc3)cc2)c(CC)c1C=O.CO. The fraction of sp³-hybridized carbons (Fsp3) is 0.312. The zero-order chi connectivity index (χ0) is 25.8. The number of rotatable bonds is 10. The number of hydrogen-bond acceptors (Lipinski definition) is 3. The molecule has 0 atom stereocenters. The minimum absolute atomic E-state index is 0.683. The third-order valence-electron chi connectivity index (χ3n) is 6.53. The Labute approximate surface area is 211 Å². The molecular weight excluding hydrogens is 430 g/mol. The lowest BCUT2D eigenvalue weighted by Crippen LogP contribution is -2.04. The van der Waals surface area contributed by atoms with E-state index in [4.69, 9.17) is 10.1 Å². The van der Waals surface area contributed by atoms with Crippen LogP contribution in [0.1, 0.15) is 73.3 Å². The van der Waals surface area contributed by atoms with Crippen molar-refractivity contribution in [3.63, 3.8) is 0 Å². The maximum absolute atomic E-state index is 12.0. The average Bonchev–Trinajstić information content (AvgIpc) is 2.92. The molecule has 0 unspecified atom stereocenters. The van der Waals surface area contributed by atoms with Crippen molar-refractivity contribution >= 4 is 18.4 Å². The second kappa shape index (κ2) is 14.2. The van der Waals surface area contributed by atoms with Crippen LogP contribution in [0.25, 0.3) is 34.5 Å². The summed E-state index contributed by atoms with van der Waals surface area (Å²) in [5.74, 6) is 0.756. The molecule has 3 aromatic rings. The van der Waals surface area contributed by atoms with Crippen molar-refractivity contribution < 1.29 is 9.90 Å². The Kier molecular flexibility index (Phi) is 11.3. The van der Waals surface area contributed by atoms with Crippen LogP contribution in [-0.2, 0) is 12.8 Å². The third kappa shape index (κ3) is 6.64. The van der Waals surface area contributed by atoms with Crippen LogP contribution in [0.3, 0.4) is 0 Å². The van der Waals surface area contributed by atoms with Gasteiger partial charge in [0.25, 0.3) is 0 Å².